The number of hydrogen-bond acceptors (Lipinski definition) is 5. The zero-order chi connectivity index (χ0) is 12.0. The predicted octanol–water partition coefficient (Wildman–Crippen LogP) is 0.723. The molecule has 1 rings (SSSR count). The van der Waals surface area contributed by atoms with Gasteiger partial charge in [-0.3, -0.25) is 9.69 Å². The van der Waals surface area contributed by atoms with Crippen LogP contribution in [0.1, 0.15) is 4.88 Å². The van der Waals surface area contributed by atoms with Crippen LogP contribution in [-0.2, 0) is 16.0 Å². The average molecular weight is 242 g/mol. The molecule has 0 saturated carbocycles. The zero-order valence-corrected chi connectivity index (χ0v) is 10.5. The van der Waals surface area contributed by atoms with Crippen LogP contribution in [0.25, 0.3) is 0 Å². The summed E-state index contributed by atoms with van der Waals surface area (Å²) in [4.78, 5) is 14.7. The maximum absolute atomic E-state index is 11.4. The lowest BCUT2D eigenvalue weighted by molar-refractivity contribution is -0.146. The number of methoxy groups -OCH3 is 1. The van der Waals surface area contributed by atoms with E-state index in [9.17, 15) is 4.79 Å². The Bertz CT molecular complexity index is 314. The predicted molar refractivity (Wildman–Crippen MR) is 65.5 cm³/mol. The standard InChI is InChI=1S/C11H18N2O2S/c1-13(10(8-12)11(14)15-2)6-5-9-4-3-7-16-9/h3-4,7,10H,5-6,8,12H2,1-2H3. The van der Waals surface area contributed by atoms with E-state index >= 15 is 0 Å². The highest BCUT2D eigenvalue weighted by atomic mass is 32.1. The Hall–Kier alpha value is -0.910. The molecule has 0 aliphatic heterocycles. The first-order valence-electron chi connectivity index (χ1n) is 5.19. The molecule has 4 nitrogen and oxygen atoms in total. The summed E-state index contributed by atoms with van der Waals surface area (Å²) in [6.45, 7) is 1.09. The van der Waals surface area contributed by atoms with Gasteiger partial charge in [-0.05, 0) is 24.9 Å². The van der Waals surface area contributed by atoms with E-state index < -0.39 is 0 Å². The van der Waals surface area contributed by atoms with Crippen molar-refractivity contribution in [1.29, 1.82) is 0 Å². The van der Waals surface area contributed by atoms with E-state index in [2.05, 4.69) is 11.4 Å². The van der Waals surface area contributed by atoms with Crippen molar-refractivity contribution >= 4 is 17.3 Å². The highest BCUT2D eigenvalue weighted by Crippen LogP contribution is 2.10. The van der Waals surface area contributed by atoms with Crippen LogP contribution < -0.4 is 5.73 Å². The molecule has 16 heavy (non-hydrogen) atoms. The second kappa shape index (κ2) is 6.62. The van der Waals surface area contributed by atoms with Crippen molar-refractivity contribution in [3.63, 3.8) is 0 Å². The molecule has 1 heterocycles. The minimum Gasteiger partial charge on any atom is -0.468 e. The third-order valence-electron chi connectivity index (χ3n) is 2.52. The molecule has 1 unspecified atom stereocenters. The fourth-order valence-corrected chi connectivity index (χ4v) is 2.19. The Kier molecular flexibility index (Phi) is 5.45. The van der Waals surface area contributed by atoms with Gasteiger partial charge in [-0.25, -0.2) is 0 Å². The van der Waals surface area contributed by atoms with Crippen LogP contribution in [0.15, 0.2) is 17.5 Å². The maximum Gasteiger partial charge on any atom is 0.324 e. The minimum absolute atomic E-state index is 0.267. The summed E-state index contributed by atoms with van der Waals surface area (Å²) in [7, 11) is 3.28. The molecule has 0 spiro atoms. The smallest absolute Gasteiger partial charge is 0.324 e. The van der Waals surface area contributed by atoms with Crippen LogP contribution in [-0.4, -0.2) is 44.2 Å². The molecular weight excluding hydrogens is 224 g/mol. The first-order valence-corrected chi connectivity index (χ1v) is 6.07. The van der Waals surface area contributed by atoms with Crippen molar-refractivity contribution in [3.05, 3.63) is 22.4 Å². The van der Waals surface area contributed by atoms with Crippen LogP contribution >= 0.6 is 11.3 Å². The summed E-state index contributed by atoms with van der Waals surface area (Å²) in [6.07, 6.45) is 0.932. The molecule has 0 bridgehead atoms. The van der Waals surface area contributed by atoms with E-state index in [4.69, 9.17) is 10.5 Å². The Morgan fingerprint density at radius 2 is 2.44 bits per heavy atom. The molecule has 0 aliphatic carbocycles. The molecule has 0 aromatic carbocycles. The highest BCUT2D eigenvalue weighted by molar-refractivity contribution is 7.09. The fourth-order valence-electron chi connectivity index (χ4n) is 1.49. The molecule has 0 aliphatic rings. The first-order chi connectivity index (χ1) is 7.69. The van der Waals surface area contributed by atoms with E-state index in [0.29, 0.717) is 0 Å². The molecule has 2 N–H and O–H groups in total. The van der Waals surface area contributed by atoms with Crippen LogP contribution in [0.5, 0.6) is 0 Å². The number of hydrogen-bond donors (Lipinski definition) is 1. The Morgan fingerprint density at radius 1 is 1.69 bits per heavy atom. The summed E-state index contributed by atoms with van der Waals surface area (Å²) < 4.78 is 4.70. The molecule has 1 atom stereocenters. The number of rotatable bonds is 6. The number of thiophene rings is 1. The third-order valence-corrected chi connectivity index (χ3v) is 3.46. The second-order valence-corrected chi connectivity index (χ2v) is 4.62. The fraction of sp³-hybridized carbons (Fsp3) is 0.545. The molecule has 1 aromatic heterocycles. The van der Waals surface area contributed by atoms with Crippen molar-refractivity contribution < 1.29 is 9.53 Å². The van der Waals surface area contributed by atoms with Gasteiger partial charge >= 0.3 is 5.97 Å². The first kappa shape index (κ1) is 13.2. The van der Waals surface area contributed by atoms with Crippen LogP contribution in [0, 0.1) is 0 Å². The van der Waals surface area contributed by atoms with Gasteiger partial charge in [0.1, 0.15) is 6.04 Å². The van der Waals surface area contributed by atoms with Crippen molar-refractivity contribution in [2.24, 2.45) is 5.73 Å². The van der Waals surface area contributed by atoms with E-state index in [1.54, 1.807) is 11.3 Å². The van der Waals surface area contributed by atoms with Crippen molar-refractivity contribution in [1.82, 2.24) is 4.90 Å². The minimum atomic E-state index is -0.343. The summed E-state index contributed by atoms with van der Waals surface area (Å²) in [6, 6.07) is 3.78. The van der Waals surface area contributed by atoms with Gasteiger partial charge in [0.15, 0.2) is 0 Å². The number of carbonyl (C=O) groups excluding carboxylic acids is 1. The van der Waals surface area contributed by atoms with Crippen molar-refractivity contribution in [3.8, 4) is 0 Å². The summed E-state index contributed by atoms with van der Waals surface area (Å²) in [5.41, 5.74) is 5.56. The summed E-state index contributed by atoms with van der Waals surface area (Å²) in [5.74, 6) is -0.267. The highest BCUT2D eigenvalue weighted by Gasteiger charge is 2.21. The van der Waals surface area contributed by atoms with Crippen molar-refractivity contribution in [2.45, 2.75) is 12.5 Å². The molecule has 1 aromatic rings. The lowest BCUT2D eigenvalue weighted by Crippen LogP contribution is -2.45. The molecule has 0 amide bonds. The molecule has 90 valence electrons. The number of esters is 1. The number of likely N-dealkylation sites (N-methyl/N-ethyl adjacent to an activating group) is 1. The van der Waals surface area contributed by atoms with Gasteiger partial charge < -0.3 is 10.5 Å². The molecular formula is C11H18N2O2S. The van der Waals surface area contributed by atoms with Crippen LogP contribution in [0.3, 0.4) is 0 Å². The van der Waals surface area contributed by atoms with Gasteiger partial charge in [-0.2, -0.15) is 0 Å². The SMILES string of the molecule is COC(=O)C(CN)N(C)CCc1cccs1. The zero-order valence-electron chi connectivity index (χ0n) is 9.68. The number of carbonyl (C=O) groups is 1. The van der Waals surface area contributed by atoms with Gasteiger partial charge in [0.2, 0.25) is 0 Å². The molecule has 0 saturated heterocycles. The summed E-state index contributed by atoms with van der Waals surface area (Å²) in [5, 5.41) is 2.05. The van der Waals surface area contributed by atoms with Crippen molar-refractivity contribution in [2.75, 3.05) is 27.2 Å². The molecule has 5 heteroatoms. The monoisotopic (exact) mass is 242 g/mol. The quantitative estimate of drug-likeness (QED) is 0.747. The Morgan fingerprint density at radius 3 is 2.94 bits per heavy atom. The van der Waals surface area contributed by atoms with Gasteiger partial charge in [0.05, 0.1) is 7.11 Å². The summed E-state index contributed by atoms with van der Waals surface area (Å²) >= 11 is 1.72. The molecule has 0 radical (unpaired) electrons. The topological polar surface area (TPSA) is 55.6 Å². The lowest BCUT2D eigenvalue weighted by Gasteiger charge is -2.24. The second-order valence-electron chi connectivity index (χ2n) is 3.58. The third kappa shape index (κ3) is 3.59. The van der Waals surface area contributed by atoms with E-state index in [0.717, 1.165) is 13.0 Å². The van der Waals surface area contributed by atoms with Crippen LogP contribution in [0.4, 0.5) is 0 Å². The molecule has 0 fully saturated rings. The normalized spacial score (nSPS) is 12.8. The van der Waals surface area contributed by atoms with Gasteiger partial charge in [-0.15, -0.1) is 11.3 Å². The number of nitrogens with zero attached hydrogens (tertiary/aromatic N) is 1. The Balaban J connectivity index is 2.43. The van der Waals surface area contributed by atoms with Gasteiger partial charge in [-0.1, -0.05) is 6.07 Å². The van der Waals surface area contributed by atoms with E-state index in [-0.39, 0.29) is 18.6 Å². The number of ether oxygens (including phenoxy) is 1. The van der Waals surface area contributed by atoms with E-state index in [1.165, 1.54) is 12.0 Å². The van der Waals surface area contributed by atoms with E-state index in [1.807, 2.05) is 18.0 Å². The van der Waals surface area contributed by atoms with Gasteiger partial charge in [0.25, 0.3) is 0 Å². The largest absolute Gasteiger partial charge is 0.468 e. The maximum atomic E-state index is 11.4. The average Bonchev–Trinajstić information content (AvgIpc) is 2.79. The number of nitrogens with two attached hydrogens (primary N) is 1. The van der Waals surface area contributed by atoms with Gasteiger partial charge in [0, 0.05) is 18.0 Å². The Labute approximate surface area is 100 Å². The lowest BCUT2D eigenvalue weighted by atomic mass is 10.2. The van der Waals surface area contributed by atoms with Crippen LogP contribution in [0.2, 0.25) is 0 Å².